The van der Waals surface area contributed by atoms with Crippen LogP contribution in [0.15, 0.2) is 24.3 Å². The predicted octanol–water partition coefficient (Wildman–Crippen LogP) is 2.16. The largest absolute Gasteiger partial charge is 0.497 e. The fourth-order valence-electron chi connectivity index (χ4n) is 4.03. The Bertz CT molecular complexity index is 545. The molecule has 0 radical (unpaired) electrons. The minimum atomic E-state index is -0.846. The van der Waals surface area contributed by atoms with Gasteiger partial charge in [-0.1, -0.05) is 12.1 Å². The summed E-state index contributed by atoms with van der Waals surface area (Å²) in [6.45, 7) is 3.06. The number of ether oxygens (including phenoxy) is 1. The average molecular weight is 289 g/mol. The molecule has 4 heteroatoms. The fraction of sp³-hybridized carbons (Fsp3) is 0.588. The molecular weight excluding hydrogens is 266 g/mol. The molecule has 1 aromatic carbocycles. The Morgan fingerprint density at radius 3 is 2.95 bits per heavy atom. The Morgan fingerprint density at radius 1 is 1.43 bits per heavy atom. The van der Waals surface area contributed by atoms with E-state index in [9.17, 15) is 9.90 Å². The molecule has 0 aromatic heterocycles. The maximum absolute atomic E-state index is 11.7. The van der Waals surface area contributed by atoms with E-state index in [1.54, 1.807) is 14.0 Å². The number of hydrogen-bond donors (Lipinski definition) is 1. The third-order valence-corrected chi connectivity index (χ3v) is 5.20. The number of hydrogen-bond acceptors (Lipinski definition) is 3. The predicted molar refractivity (Wildman–Crippen MR) is 80.0 cm³/mol. The van der Waals surface area contributed by atoms with E-state index in [4.69, 9.17) is 4.74 Å². The van der Waals surface area contributed by atoms with Gasteiger partial charge in [0, 0.05) is 25.9 Å². The number of aliphatic hydroxyl groups is 1. The number of rotatable bonds is 2. The van der Waals surface area contributed by atoms with E-state index in [1.807, 2.05) is 29.2 Å². The van der Waals surface area contributed by atoms with Gasteiger partial charge in [-0.15, -0.1) is 0 Å². The Kier molecular flexibility index (Phi) is 3.66. The monoisotopic (exact) mass is 289 g/mol. The van der Waals surface area contributed by atoms with Crippen LogP contribution in [-0.4, -0.2) is 36.1 Å². The van der Waals surface area contributed by atoms with E-state index in [0.29, 0.717) is 12.5 Å². The lowest BCUT2D eigenvalue weighted by molar-refractivity contribution is -0.128. The van der Waals surface area contributed by atoms with Gasteiger partial charge >= 0.3 is 0 Å². The zero-order valence-electron chi connectivity index (χ0n) is 12.7. The van der Waals surface area contributed by atoms with Crippen molar-refractivity contribution < 1.29 is 14.6 Å². The molecule has 0 bridgehead atoms. The molecule has 21 heavy (non-hydrogen) atoms. The molecule has 2 aliphatic rings. The topological polar surface area (TPSA) is 49.8 Å². The third-order valence-electron chi connectivity index (χ3n) is 5.20. The molecule has 1 saturated carbocycles. The Labute approximate surface area is 125 Å². The van der Waals surface area contributed by atoms with Crippen LogP contribution in [0, 0.1) is 11.8 Å². The SMILES string of the molecule is COc1cccc([C@]2(O)CCC[C@@H]3CN(C(C)=O)C[C@@H]32)c1. The second-order valence-electron chi connectivity index (χ2n) is 6.34. The summed E-state index contributed by atoms with van der Waals surface area (Å²) in [5, 5.41) is 11.3. The summed E-state index contributed by atoms with van der Waals surface area (Å²) in [4.78, 5) is 13.5. The summed E-state index contributed by atoms with van der Waals surface area (Å²) >= 11 is 0. The van der Waals surface area contributed by atoms with Gasteiger partial charge in [0.15, 0.2) is 0 Å². The maximum atomic E-state index is 11.7. The van der Waals surface area contributed by atoms with Crippen LogP contribution in [0.2, 0.25) is 0 Å². The quantitative estimate of drug-likeness (QED) is 0.907. The molecule has 3 rings (SSSR count). The molecule has 1 aliphatic carbocycles. The van der Waals surface area contributed by atoms with Crippen molar-refractivity contribution in [2.45, 2.75) is 31.8 Å². The Morgan fingerprint density at radius 2 is 2.24 bits per heavy atom. The van der Waals surface area contributed by atoms with Crippen molar-refractivity contribution in [1.82, 2.24) is 4.90 Å². The van der Waals surface area contributed by atoms with Crippen LogP contribution >= 0.6 is 0 Å². The van der Waals surface area contributed by atoms with Gasteiger partial charge in [-0.05, 0) is 42.9 Å². The maximum Gasteiger partial charge on any atom is 0.219 e. The highest BCUT2D eigenvalue weighted by atomic mass is 16.5. The Hall–Kier alpha value is -1.55. The Balaban J connectivity index is 1.93. The zero-order valence-corrected chi connectivity index (χ0v) is 12.7. The zero-order chi connectivity index (χ0) is 15.0. The van der Waals surface area contributed by atoms with Crippen molar-refractivity contribution in [3.8, 4) is 5.75 Å². The van der Waals surface area contributed by atoms with Crippen LogP contribution in [0.3, 0.4) is 0 Å². The van der Waals surface area contributed by atoms with Gasteiger partial charge < -0.3 is 14.7 Å². The summed E-state index contributed by atoms with van der Waals surface area (Å²) in [7, 11) is 1.64. The van der Waals surface area contributed by atoms with Crippen LogP contribution in [-0.2, 0) is 10.4 Å². The van der Waals surface area contributed by atoms with Crippen LogP contribution in [0.1, 0.15) is 31.7 Å². The van der Waals surface area contributed by atoms with Gasteiger partial charge in [0.05, 0.1) is 12.7 Å². The second-order valence-corrected chi connectivity index (χ2v) is 6.34. The molecule has 1 N–H and O–H groups in total. The highest BCUT2D eigenvalue weighted by Crippen LogP contribution is 2.48. The van der Waals surface area contributed by atoms with Gasteiger partial charge in [-0.25, -0.2) is 0 Å². The van der Waals surface area contributed by atoms with Gasteiger partial charge in [0.2, 0.25) is 5.91 Å². The van der Waals surface area contributed by atoms with Crippen LogP contribution in [0.5, 0.6) is 5.75 Å². The van der Waals surface area contributed by atoms with Gasteiger partial charge in [0.1, 0.15) is 5.75 Å². The number of benzene rings is 1. The van der Waals surface area contributed by atoms with Gasteiger partial charge in [-0.3, -0.25) is 4.79 Å². The highest BCUT2D eigenvalue weighted by molar-refractivity contribution is 5.73. The second kappa shape index (κ2) is 5.34. The lowest BCUT2D eigenvalue weighted by atomic mass is 9.67. The molecule has 114 valence electrons. The summed E-state index contributed by atoms with van der Waals surface area (Å²) < 4.78 is 5.29. The smallest absolute Gasteiger partial charge is 0.219 e. The van der Waals surface area contributed by atoms with E-state index in [-0.39, 0.29) is 11.8 Å². The number of carbonyl (C=O) groups is 1. The standard InChI is InChI=1S/C17H23NO3/c1-12(19)18-10-13-5-4-8-17(20,16(13)11-18)14-6-3-7-15(9-14)21-2/h3,6-7,9,13,16,20H,4-5,8,10-11H2,1-2H3/t13-,16+,17-/m1/s1. The first kappa shape index (κ1) is 14.4. The molecule has 0 spiro atoms. The molecule has 1 amide bonds. The van der Waals surface area contributed by atoms with Crippen LogP contribution < -0.4 is 4.74 Å². The van der Waals surface area contributed by atoms with Crippen molar-refractivity contribution in [1.29, 1.82) is 0 Å². The number of fused-ring (bicyclic) bond motifs is 1. The molecule has 2 fully saturated rings. The minimum absolute atomic E-state index is 0.109. The van der Waals surface area contributed by atoms with Crippen molar-refractivity contribution in [3.05, 3.63) is 29.8 Å². The molecule has 3 atom stereocenters. The molecular formula is C17H23NO3. The van der Waals surface area contributed by atoms with E-state index in [2.05, 4.69) is 0 Å². The van der Waals surface area contributed by atoms with E-state index < -0.39 is 5.60 Å². The minimum Gasteiger partial charge on any atom is -0.497 e. The number of nitrogens with zero attached hydrogens (tertiary/aromatic N) is 1. The lowest BCUT2D eigenvalue weighted by Gasteiger charge is -2.41. The van der Waals surface area contributed by atoms with Crippen LogP contribution in [0.4, 0.5) is 0 Å². The van der Waals surface area contributed by atoms with Gasteiger partial charge in [-0.2, -0.15) is 0 Å². The summed E-state index contributed by atoms with van der Waals surface area (Å²) in [5.74, 6) is 1.41. The summed E-state index contributed by atoms with van der Waals surface area (Å²) in [5.41, 5.74) is 0.0729. The number of carbonyl (C=O) groups excluding carboxylic acids is 1. The molecule has 0 unspecified atom stereocenters. The molecule has 1 aliphatic heterocycles. The van der Waals surface area contributed by atoms with Crippen LogP contribution in [0.25, 0.3) is 0 Å². The molecule has 4 nitrogen and oxygen atoms in total. The molecule has 1 saturated heterocycles. The summed E-state index contributed by atoms with van der Waals surface area (Å²) in [6, 6.07) is 7.72. The first-order valence-electron chi connectivity index (χ1n) is 7.67. The summed E-state index contributed by atoms with van der Waals surface area (Å²) in [6.07, 6.45) is 2.86. The molecule has 1 aromatic rings. The average Bonchev–Trinajstić information content (AvgIpc) is 2.93. The van der Waals surface area contributed by atoms with E-state index in [1.165, 1.54) is 0 Å². The van der Waals surface area contributed by atoms with Gasteiger partial charge in [0.25, 0.3) is 0 Å². The first-order valence-corrected chi connectivity index (χ1v) is 7.67. The molecule has 1 heterocycles. The van der Waals surface area contributed by atoms with E-state index in [0.717, 1.165) is 37.1 Å². The lowest BCUT2D eigenvalue weighted by Crippen LogP contribution is -2.42. The number of methoxy groups -OCH3 is 1. The van der Waals surface area contributed by atoms with Crippen molar-refractivity contribution >= 4 is 5.91 Å². The number of likely N-dealkylation sites (tertiary alicyclic amines) is 1. The number of amides is 1. The first-order chi connectivity index (χ1) is 10.0. The fourth-order valence-corrected chi connectivity index (χ4v) is 4.03. The van der Waals surface area contributed by atoms with E-state index >= 15 is 0 Å². The normalized spacial score (nSPS) is 31.9. The van der Waals surface area contributed by atoms with Crippen molar-refractivity contribution in [2.75, 3.05) is 20.2 Å². The van der Waals surface area contributed by atoms with Crippen molar-refractivity contribution in [2.24, 2.45) is 11.8 Å². The van der Waals surface area contributed by atoms with Crippen molar-refractivity contribution in [3.63, 3.8) is 0 Å². The highest BCUT2D eigenvalue weighted by Gasteiger charge is 2.50. The third kappa shape index (κ3) is 2.42.